The summed E-state index contributed by atoms with van der Waals surface area (Å²) in [6.45, 7) is 1.69. The van der Waals surface area contributed by atoms with Gasteiger partial charge in [0.15, 0.2) is 0 Å². The van der Waals surface area contributed by atoms with Crippen LogP contribution in [0.15, 0.2) is 41.3 Å². The highest BCUT2D eigenvalue weighted by atomic mass is 35.5. The van der Waals surface area contributed by atoms with Crippen molar-refractivity contribution in [2.75, 3.05) is 31.9 Å². The number of piperazine rings is 1. The van der Waals surface area contributed by atoms with E-state index in [4.69, 9.17) is 11.6 Å². The minimum atomic E-state index is -0.580. The molecule has 2 aromatic rings. The van der Waals surface area contributed by atoms with E-state index in [-0.39, 0.29) is 17.4 Å². The first-order valence-electron chi connectivity index (χ1n) is 9.78. The summed E-state index contributed by atoms with van der Waals surface area (Å²) < 4.78 is 14.0. The van der Waals surface area contributed by atoms with Crippen LogP contribution in [0.1, 0.15) is 27.9 Å². The summed E-state index contributed by atoms with van der Waals surface area (Å²) >= 11 is 7.45. The fourth-order valence-electron chi connectivity index (χ4n) is 3.87. The van der Waals surface area contributed by atoms with Crippen LogP contribution in [0.25, 0.3) is 0 Å². The molecule has 1 aliphatic heterocycles. The molecule has 0 spiro atoms. The molecule has 0 atom stereocenters. The van der Waals surface area contributed by atoms with Crippen molar-refractivity contribution in [3.05, 3.63) is 63.9 Å². The highest BCUT2D eigenvalue weighted by Crippen LogP contribution is 2.28. The van der Waals surface area contributed by atoms with E-state index < -0.39 is 5.82 Å². The molecule has 2 amide bonds. The number of carbonyl (C=O) groups excluding carboxylic acids is 2. The Hall–Kier alpha value is -2.05. The highest BCUT2D eigenvalue weighted by Gasteiger charge is 2.26. The summed E-state index contributed by atoms with van der Waals surface area (Å²) in [5.74, 6) is -0.514. The van der Waals surface area contributed by atoms with E-state index in [0.29, 0.717) is 37.0 Å². The predicted molar refractivity (Wildman–Crippen MR) is 113 cm³/mol. The van der Waals surface area contributed by atoms with Gasteiger partial charge in [0.1, 0.15) is 5.82 Å². The molecule has 1 heterocycles. The van der Waals surface area contributed by atoms with Gasteiger partial charge in [-0.15, -0.1) is 11.8 Å². The number of carbonyl (C=O) groups is 2. The first-order chi connectivity index (χ1) is 14.0. The largest absolute Gasteiger partial charge is 0.338 e. The number of amides is 2. The summed E-state index contributed by atoms with van der Waals surface area (Å²) in [5.41, 5.74) is 2.81. The highest BCUT2D eigenvalue weighted by molar-refractivity contribution is 8.00. The third-order valence-electron chi connectivity index (χ3n) is 5.51. The van der Waals surface area contributed by atoms with E-state index in [0.717, 1.165) is 17.7 Å². The number of benzene rings is 2. The Balaban J connectivity index is 1.29. The van der Waals surface area contributed by atoms with Gasteiger partial charge >= 0.3 is 0 Å². The van der Waals surface area contributed by atoms with Gasteiger partial charge < -0.3 is 9.80 Å². The first-order valence-corrected chi connectivity index (χ1v) is 11.1. The zero-order valence-electron chi connectivity index (χ0n) is 16.0. The van der Waals surface area contributed by atoms with Gasteiger partial charge in [-0.25, -0.2) is 4.39 Å². The van der Waals surface area contributed by atoms with Crippen LogP contribution in [0.5, 0.6) is 0 Å². The van der Waals surface area contributed by atoms with Gasteiger partial charge in [-0.2, -0.15) is 0 Å². The summed E-state index contributed by atoms with van der Waals surface area (Å²) in [6, 6.07) is 10.4. The van der Waals surface area contributed by atoms with Crippen LogP contribution in [-0.4, -0.2) is 53.5 Å². The molecule has 1 saturated heterocycles. The maximum Gasteiger partial charge on any atom is 0.257 e. The van der Waals surface area contributed by atoms with Crippen molar-refractivity contribution in [1.29, 1.82) is 0 Å². The van der Waals surface area contributed by atoms with Gasteiger partial charge in [0.05, 0.1) is 11.3 Å². The summed E-state index contributed by atoms with van der Waals surface area (Å²) in [6.07, 6.45) is 3.49. The molecule has 0 unspecified atom stereocenters. The SMILES string of the molecule is O=C(CSc1ccc2c(c1)CCC2)N1CCN(C(=O)c2cc(Cl)ccc2F)CC1. The number of fused-ring (bicyclic) bond motifs is 1. The molecule has 4 rings (SSSR count). The molecule has 152 valence electrons. The van der Waals surface area contributed by atoms with Gasteiger partial charge in [0.2, 0.25) is 5.91 Å². The van der Waals surface area contributed by atoms with Crippen molar-refractivity contribution in [2.24, 2.45) is 0 Å². The Morgan fingerprint density at radius 3 is 2.48 bits per heavy atom. The van der Waals surface area contributed by atoms with Crippen molar-refractivity contribution in [3.63, 3.8) is 0 Å². The molecule has 4 nitrogen and oxygen atoms in total. The lowest BCUT2D eigenvalue weighted by Crippen LogP contribution is -2.51. The van der Waals surface area contributed by atoms with Crippen LogP contribution in [0.2, 0.25) is 5.02 Å². The van der Waals surface area contributed by atoms with Crippen LogP contribution >= 0.6 is 23.4 Å². The van der Waals surface area contributed by atoms with Gasteiger partial charge in [-0.3, -0.25) is 9.59 Å². The van der Waals surface area contributed by atoms with Gasteiger partial charge in [0, 0.05) is 36.1 Å². The smallest absolute Gasteiger partial charge is 0.257 e. The number of hydrogen-bond acceptors (Lipinski definition) is 3. The molecule has 0 N–H and O–H groups in total. The monoisotopic (exact) mass is 432 g/mol. The van der Waals surface area contributed by atoms with Crippen molar-refractivity contribution in [1.82, 2.24) is 9.80 Å². The van der Waals surface area contributed by atoms with E-state index in [1.807, 2.05) is 0 Å². The third kappa shape index (κ3) is 4.59. The molecular formula is C22H22ClFN2O2S. The van der Waals surface area contributed by atoms with Gasteiger partial charge in [-0.05, 0) is 60.7 Å². The van der Waals surface area contributed by atoms with Gasteiger partial charge in [0.25, 0.3) is 5.91 Å². The Labute approximate surface area is 179 Å². The molecule has 2 aliphatic rings. The van der Waals surface area contributed by atoms with Crippen LogP contribution in [0.3, 0.4) is 0 Å². The number of thioether (sulfide) groups is 1. The lowest BCUT2D eigenvalue weighted by Gasteiger charge is -2.34. The van der Waals surface area contributed by atoms with Crippen LogP contribution in [-0.2, 0) is 17.6 Å². The molecule has 0 saturated carbocycles. The molecule has 0 bridgehead atoms. The van der Waals surface area contributed by atoms with Crippen molar-refractivity contribution in [2.45, 2.75) is 24.2 Å². The number of halogens is 2. The quantitative estimate of drug-likeness (QED) is 0.684. The van der Waals surface area contributed by atoms with Crippen molar-refractivity contribution >= 4 is 35.2 Å². The van der Waals surface area contributed by atoms with E-state index in [2.05, 4.69) is 18.2 Å². The Morgan fingerprint density at radius 2 is 1.69 bits per heavy atom. The van der Waals surface area contributed by atoms with E-state index in [1.54, 1.807) is 21.6 Å². The topological polar surface area (TPSA) is 40.6 Å². The Bertz CT molecular complexity index is 944. The number of rotatable bonds is 4. The van der Waals surface area contributed by atoms with Crippen molar-refractivity contribution < 1.29 is 14.0 Å². The second-order valence-corrected chi connectivity index (χ2v) is 8.86. The van der Waals surface area contributed by atoms with E-state index >= 15 is 0 Å². The number of hydrogen-bond donors (Lipinski definition) is 0. The minimum absolute atomic E-state index is 0.0237. The average Bonchev–Trinajstić information content (AvgIpc) is 3.21. The fourth-order valence-corrected chi connectivity index (χ4v) is 4.90. The van der Waals surface area contributed by atoms with Crippen LogP contribution in [0, 0.1) is 5.82 Å². The number of aryl methyl sites for hydroxylation is 2. The predicted octanol–water partition coefficient (Wildman–Crippen LogP) is 4.04. The molecule has 7 heteroatoms. The lowest BCUT2D eigenvalue weighted by atomic mass is 10.1. The zero-order chi connectivity index (χ0) is 20.4. The molecule has 1 aliphatic carbocycles. The Morgan fingerprint density at radius 1 is 0.966 bits per heavy atom. The second-order valence-electron chi connectivity index (χ2n) is 7.37. The van der Waals surface area contributed by atoms with Crippen LogP contribution < -0.4 is 0 Å². The molecule has 2 aromatic carbocycles. The third-order valence-corrected chi connectivity index (χ3v) is 6.72. The molecule has 0 radical (unpaired) electrons. The molecule has 0 aromatic heterocycles. The molecule has 29 heavy (non-hydrogen) atoms. The number of nitrogens with zero attached hydrogens (tertiary/aromatic N) is 2. The Kier molecular flexibility index (Phi) is 6.11. The minimum Gasteiger partial charge on any atom is -0.338 e. The lowest BCUT2D eigenvalue weighted by molar-refractivity contribution is -0.129. The second kappa shape index (κ2) is 8.76. The normalized spacial score (nSPS) is 16.1. The fraction of sp³-hybridized carbons (Fsp3) is 0.364. The summed E-state index contributed by atoms with van der Waals surface area (Å²) in [5, 5.41) is 0.326. The van der Waals surface area contributed by atoms with Crippen LogP contribution in [0.4, 0.5) is 4.39 Å². The average molecular weight is 433 g/mol. The molecular weight excluding hydrogens is 411 g/mol. The maximum atomic E-state index is 14.0. The first kappa shape index (κ1) is 20.2. The van der Waals surface area contributed by atoms with Crippen molar-refractivity contribution in [3.8, 4) is 0 Å². The van der Waals surface area contributed by atoms with E-state index in [9.17, 15) is 14.0 Å². The summed E-state index contributed by atoms with van der Waals surface area (Å²) in [4.78, 5) is 29.6. The van der Waals surface area contributed by atoms with Gasteiger partial charge in [-0.1, -0.05) is 17.7 Å². The molecule has 1 fully saturated rings. The zero-order valence-corrected chi connectivity index (χ0v) is 17.6. The standard InChI is InChI=1S/C22H22ClFN2O2S/c23-17-5-7-20(24)19(13-17)22(28)26-10-8-25(9-11-26)21(27)14-29-18-6-4-15-2-1-3-16(15)12-18/h4-7,12-13H,1-3,8-11,14H2. The maximum absolute atomic E-state index is 14.0. The van der Waals surface area contributed by atoms with E-state index in [1.165, 1.54) is 35.7 Å². The summed E-state index contributed by atoms with van der Waals surface area (Å²) in [7, 11) is 0.